The van der Waals surface area contributed by atoms with Crippen LogP contribution in [0.5, 0.6) is 5.75 Å². The Kier molecular flexibility index (Phi) is 3.45. The van der Waals surface area contributed by atoms with E-state index < -0.39 is 5.60 Å². The molecule has 1 aliphatic heterocycles. The molecule has 1 aromatic rings. The number of methoxy groups -OCH3 is 1. The molecule has 0 aliphatic carbocycles. The second-order valence-electron chi connectivity index (χ2n) is 4.60. The van der Waals surface area contributed by atoms with E-state index >= 15 is 0 Å². The van der Waals surface area contributed by atoms with E-state index in [0.717, 1.165) is 0 Å². The highest BCUT2D eigenvalue weighted by Crippen LogP contribution is 2.36. The van der Waals surface area contributed by atoms with Crippen molar-refractivity contribution in [2.45, 2.75) is 12.5 Å². The molecule has 0 atom stereocenters. The van der Waals surface area contributed by atoms with Gasteiger partial charge >= 0.3 is 0 Å². The monoisotopic (exact) mass is 289 g/mol. The van der Waals surface area contributed by atoms with Gasteiger partial charge in [-0.15, -0.1) is 0 Å². The fourth-order valence-electron chi connectivity index (χ4n) is 2.01. The Morgan fingerprint density at radius 3 is 2.44 bits per heavy atom. The van der Waals surface area contributed by atoms with E-state index in [2.05, 4.69) is 0 Å². The van der Waals surface area contributed by atoms with Crippen LogP contribution in [-0.2, 0) is 0 Å². The Hall–Kier alpha value is -0.970. The number of hydrogen-bond donors (Lipinski definition) is 1. The van der Waals surface area contributed by atoms with Crippen molar-refractivity contribution in [3.05, 3.63) is 27.7 Å². The van der Waals surface area contributed by atoms with Gasteiger partial charge in [-0.1, -0.05) is 23.2 Å². The molecule has 1 heterocycles. The van der Waals surface area contributed by atoms with E-state index in [-0.39, 0.29) is 35.3 Å². The topological polar surface area (TPSA) is 49.8 Å². The fraction of sp³-hybridized carbons (Fsp3) is 0.417. The molecule has 1 N–H and O–H groups in total. The van der Waals surface area contributed by atoms with E-state index in [1.165, 1.54) is 12.0 Å². The molecule has 18 heavy (non-hydrogen) atoms. The highest BCUT2D eigenvalue weighted by molar-refractivity contribution is 6.37. The van der Waals surface area contributed by atoms with Gasteiger partial charge in [0.2, 0.25) is 0 Å². The van der Waals surface area contributed by atoms with Crippen molar-refractivity contribution in [1.29, 1.82) is 0 Å². The molecule has 0 radical (unpaired) electrons. The van der Waals surface area contributed by atoms with Gasteiger partial charge in [-0.05, 0) is 19.1 Å². The third-order valence-electron chi connectivity index (χ3n) is 2.83. The highest BCUT2D eigenvalue weighted by atomic mass is 35.5. The number of halogens is 2. The number of ether oxygens (including phenoxy) is 1. The summed E-state index contributed by atoms with van der Waals surface area (Å²) < 4.78 is 5.12. The summed E-state index contributed by atoms with van der Waals surface area (Å²) in [6, 6.07) is 3.13. The molecule has 1 aromatic carbocycles. The van der Waals surface area contributed by atoms with Crippen LogP contribution in [0.1, 0.15) is 17.3 Å². The second-order valence-corrected chi connectivity index (χ2v) is 5.41. The fourth-order valence-corrected chi connectivity index (χ4v) is 2.47. The minimum Gasteiger partial charge on any atom is -0.494 e. The summed E-state index contributed by atoms with van der Waals surface area (Å²) in [4.78, 5) is 13.8. The summed E-state index contributed by atoms with van der Waals surface area (Å²) in [7, 11) is 1.43. The lowest BCUT2D eigenvalue weighted by molar-refractivity contribution is -0.0669. The maximum atomic E-state index is 12.3. The lowest BCUT2D eigenvalue weighted by atomic mass is 9.95. The molecule has 98 valence electrons. The number of amides is 1. The standard InChI is InChI=1S/C12H13Cl2NO3/c1-12(17)5-15(6-12)11(16)9-7(13)3-4-8(14)10(9)18-2/h3-4,17H,5-6H2,1-2H3. The number of aliphatic hydroxyl groups is 1. The summed E-state index contributed by atoms with van der Waals surface area (Å²) in [6.45, 7) is 2.23. The van der Waals surface area contributed by atoms with Crippen molar-refractivity contribution in [2.75, 3.05) is 20.2 Å². The zero-order valence-electron chi connectivity index (χ0n) is 10.0. The summed E-state index contributed by atoms with van der Waals surface area (Å²) in [5.41, 5.74) is -0.587. The Morgan fingerprint density at radius 1 is 1.39 bits per heavy atom. The largest absolute Gasteiger partial charge is 0.494 e. The van der Waals surface area contributed by atoms with Gasteiger partial charge in [0.05, 0.1) is 35.8 Å². The smallest absolute Gasteiger partial charge is 0.259 e. The van der Waals surface area contributed by atoms with Gasteiger partial charge in [0.25, 0.3) is 5.91 Å². The summed E-state index contributed by atoms with van der Waals surface area (Å²) in [5.74, 6) is -0.0217. The highest BCUT2D eigenvalue weighted by Gasteiger charge is 2.41. The molecule has 1 saturated heterocycles. The van der Waals surface area contributed by atoms with Crippen molar-refractivity contribution in [1.82, 2.24) is 4.90 Å². The molecule has 1 aliphatic rings. The van der Waals surface area contributed by atoms with Crippen LogP contribution in [0, 0.1) is 0 Å². The van der Waals surface area contributed by atoms with Crippen molar-refractivity contribution < 1.29 is 14.6 Å². The number of carbonyl (C=O) groups is 1. The minimum absolute atomic E-state index is 0.238. The molecular weight excluding hydrogens is 277 g/mol. The number of benzene rings is 1. The third-order valence-corrected chi connectivity index (χ3v) is 3.44. The van der Waals surface area contributed by atoms with Gasteiger partial charge in [-0.3, -0.25) is 4.79 Å². The van der Waals surface area contributed by atoms with Gasteiger partial charge < -0.3 is 14.7 Å². The molecule has 1 fully saturated rings. The maximum absolute atomic E-state index is 12.3. The molecule has 0 bridgehead atoms. The Morgan fingerprint density at radius 2 is 1.94 bits per heavy atom. The average molecular weight is 290 g/mol. The molecule has 0 saturated carbocycles. The molecule has 1 amide bonds. The quantitative estimate of drug-likeness (QED) is 0.908. The summed E-state index contributed by atoms with van der Waals surface area (Å²) in [6.07, 6.45) is 0. The van der Waals surface area contributed by atoms with Crippen LogP contribution in [0.2, 0.25) is 10.0 Å². The molecule has 4 nitrogen and oxygen atoms in total. The van der Waals surface area contributed by atoms with E-state index in [4.69, 9.17) is 27.9 Å². The minimum atomic E-state index is -0.825. The number of hydrogen-bond acceptors (Lipinski definition) is 3. The van der Waals surface area contributed by atoms with Gasteiger partial charge in [0, 0.05) is 0 Å². The lowest BCUT2D eigenvalue weighted by Gasteiger charge is -2.44. The van der Waals surface area contributed by atoms with Crippen LogP contribution in [-0.4, -0.2) is 41.7 Å². The number of β-amino-alcohol motifs (C(OH)–C–C–N with tert-alkyl or cyclic N) is 1. The van der Waals surface area contributed by atoms with Gasteiger partial charge in [-0.2, -0.15) is 0 Å². The van der Waals surface area contributed by atoms with E-state index in [1.807, 2.05) is 0 Å². The summed E-state index contributed by atoms with van der Waals surface area (Å²) in [5, 5.41) is 10.3. The maximum Gasteiger partial charge on any atom is 0.259 e. The van der Waals surface area contributed by atoms with Crippen LogP contribution in [0.25, 0.3) is 0 Å². The number of rotatable bonds is 2. The molecule has 0 spiro atoms. The normalized spacial score (nSPS) is 17.3. The summed E-state index contributed by atoms with van der Waals surface area (Å²) >= 11 is 12.0. The van der Waals surface area contributed by atoms with Crippen molar-refractivity contribution in [2.24, 2.45) is 0 Å². The zero-order valence-corrected chi connectivity index (χ0v) is 11.5. The predicted octanol–water partition coefficient (Wildman–Crippen LogP) is 2.21. The Labute approximate surface area is 115 Å². The van der Waals surface area contributed by atoms with Crippen molar-refractivity contribution in [3.63, 3.8) is 0 Å². The first-order valence-electron chi connectivity index (χ1n) is 5.39. The molecule has 6 heteroatoms. The molecule has 2 rings (SSSR count). The van der Waals surface area contributed by atoms with E-state index in [0.29, 0.717) is 5.02 Å². The van der Waals surface area contributed by atoms with Crippen LogP contribution < -0.4 is 4.74 Å². The first-order valence-corrected chi connectivity index (χ1v) is 6.15. The molecule has 0 unspecified atom stereocenters. The number of carbonyl (C=O) groups excluding carboxylic acids is 1. The SMILES string of the molecule is COc1c(Cl)ccc(Cl)c1C(=O)N1CC(C)(O)C1. The van der Waals surface area contributed by atoms with Gasteiger partial charge in [-0.25, -0.2) is 0 Å². The first-order chi connectivity index (χ1) is 8.35. The average Bonchev–Trinajstić information content (AvgIpc) is 2.27. The van der Waals surface area contributed by atoms with Gasteiger partial charge in [0.1, 0.15) is 5.56 Å². The third kappa shape index (κ3) is 2.28. The van der Waals surface area contributed by atoms with Crippen LogP contribution in [0.3, 0.4) is 0 Å². The number of likely N-dealkylation sites (tertiary alicyclic amines) is 1. The van der Waals surface area contributed by atoms with E-state index in [1.54, 1.807) is 19.1 Å². The molecule has 0 aromatic heterocycles. The van der Waals surface area contributed by atoms with Crippen LogP contribution >= 0.6 is 23.2 Å². The Bertz CT molecular complexity index is 494. The zero-order chi connectivity index (χ0) is 13.5. The van der Waals surface area contributed by atoms with E-state index in [9.17, 15) is 9.90 Å². The van der Waals surface area contributed by atoms with Crippen molar-refractivity contribution in [3.8, 4) is 5.75 Å². The first kappa shape index (κ1) is 13.5. The molecular formula is C12H13Cl2NO3. The number of nitrogens with zero attached hydrogens (tertiary/aromatic N) is 1. The second kappa shape index (κ2) is 4.61. The predicted molar refractivity (Wildman–Crippen MR) is 69.5 cm³/mol. The van der Waals surface area contributed by atoms with Crippen molar-refractivity contribution >= 4 is 29.1 Å². The van der Waals surface area contributed by atoms with Gasteiger partial charge in [0.15, 0.2) is 5.75 Å². The van der Waals surface area contributed by atoms with Crippen LogP contribution in [0.4, 0.5) is 0 Å². The lowest BCUT2D eigenvalue weighted by Crippen LogP contribution is -2.61. The van der Waals surface area contributed by atoms with Crippen LogP contribution in [0.15, 0.2) is 12.1 Å². The Balaban J connectivity index is 2.34.